The summed E-state index contributed by atoms with van der Waals surface area (Å²) >= 11 is 2.01. The van der Waals surface area contributed by atoms with Crippen LogP contribution in [0.4, 0.5) is 0 Å². The molecule has 1 fully saturated rings. The van der Waals surface area contributed by atoms with E-state index < -0.39 is 0 Å². The molecule has 0 radical (unpaired) electrons. The van der Waals surface area contributed by atoms with Crippen molar-refractivity contribution in [3.63, 3.8) is 0 Å². The van der Waals surface area contributed by atoms with E-state index in [0.29, 0.717) is 12.5 Å². The Bertz CT molecular complexity index is 297. The van der Waals surface area contributed by atoms with E-state index in [2.05, 4.69) is 10.2 Å². The van der Waals surface area contributed by atoms with Crippen LogP contribution in [0.1, 0.15) is 37.0 Å². The van der Waals surface area contributed by atoms with E-state index in [1.807, 2.05) is 11.8 Å². The van der Waals surface area contributed by atoms with Gasteiger partial charge in [0.1, 0.15) is 0 Å². The fourth-order valence-corrected chi connectivity index (χ4v) is 2.84. The molecule has 15 heavy (non-hydrogen) atoms. The highest BCUT2D eigenvalue weighted by atomic mass is 32.2. The maximum absolute atomic E-state index is 5.64. The van der Waals surface area contributed by atoms with Crippen LogP contribution < -0.4 is 5.73 Å². The van der Waals surface area contributed by atoms with Crippen molar-refractivity contribution >= 4 is 11.8 Å². The zero-order valence-electron chi connectivity index (χ0n) is 8.82. The fraction of sp³-hybridized carbons (Fsp3) is 0.800. The van der Waals surface area contributed by atoms with Crippen LogP contribution in [-0.4, -0.2) is 28.2 Å². The molecule has 4 nitrogen and oxygen atoms in total. The maximum Gasteiger partial charge on any atom is 0.219 e. The van der Waals surface area contributed by atoms with E-state index >= 15 is 0 Å². The maximum atomic E-state index is 5.64. The molecule has 1 aliphatic rings. The van der Waals surface area contributed by atoms with Crippen LogP contribution in [0.15, 0.2) is 4.42 Å². The number of aryl methyl sites for hydroxylation is 1. The lowest BCUT2D eigenvalue weighted by molar-refractivity contribution is 0.401. The molecule has 0 atom stereocenters. The Balaban J connectivity index is 1.93. The third kappa shape index (κ3) is 2.95. The van der Waals surface area contributed by atoms with Gasteiger partial charge < -0.3 is 10.2 Å². The van der Waals surface area contributed by atoms with Gasteiger partial charge in [-0.3, -0.25) is 0 Å². The summed E-state index contributed by atoms with van der Waals surface area (Å²) in [5, 5.41) is 8.18. The predicted octanol–water partition coefficient (Wildman–Crippen LogP) is 1.57. The number of hydrogen-bond donors (Lipinski definition) is 1. The summed E-state index contributed by atoms with van der Waals surface area (Å²) in [5.41, 5.74) is 5.43. The van der Waals surface area contributed by atoms with Crippen molar-refractivity contribution in [2.24, 2.45) is 5.73 Å². The van der Waals surface area contributed by atoms with Gasteiger partial charge in [-0.05, 0) is 37.3 Å². The molecule has 1 saturated heterocycles. The molecule has 0 saturated carbocycles. The summed E-state index contributed by atoms with van der Waals surface area (Å²) in [7, 11) is 0. The lowest BCUT2D eigenvalue weighted by Crippen LogP contribution is -2.07. The van der Waals surface area contributed by atoms with Crippen molar-refractivity contribution in [3.05, 3.63) is 11.8 Å². The third-order valence-corrected chi connectivity index (χ3v) is 3.70. The van der Waals surface area contributed by atoms with Crippen molar-refractivity contribution in [2.75, 3.05) is 18.1 Å². The Labute approximate surface area is 94.0 Å². The van der Waals surface area contributed by atoms with Crippen molar-refractivity contribution in [2.45, 2.75) is 31.6 Å². The number of hydrogen-bond acceptors (Lipinski definition) is 5. The van der Waals surface area contributed by atoms with Crippen LogP contribution in [0.5, 0.6) is 0 Å². The molecule has 1 aromatic rings. The van der Waals surface area contributed by atoms with Gasteiger partial charge in [0.05, 0.1) is 0 Å². The predicted molar refractivity (Wildman–Crippen MR) is 61.0 cm³/mol. The molecule has 2 heterocycles. The van der Waals surface area contributed by atoms with Crippen LogP contribution in [0.25, 0.3) is 0 Å². The monoisotopic (exact) mass is 227 g/mol. The topological polar surface area (TPSA) is 64.9 Å². The van der Waals surface area contributed by atoms with E-state index in [1.165, 1.54) is 24.3 Å². The Hall–Kier alpha value is -0.550. The molecule has 5 heteroatoms. The van der Waals surface area contributed by atoms with Gasteiger partial charge in [0.15, 0.2) is 0 Å². The van der Waals surface area contributed by atoms with Crippen molar-refractivity contribution in [3.8, 4) is 0 Å². The Morgan fingerprint density at radius 2 is 2.13 bits per heavy atom. The molecule has 84 valence electrons. The van der Waals surface area contributed by atoms with E-state index in [1.54, 1.807) is 0 Å². The molecule has 0 aliphatic carbocycles. The lowest BCUT2D eigenvalue weighted by atomic mass is 10.0. The molecule has 0 amide bonds. The summed E-state index contributed by atoms with van der Waals surface area (Å²) in [6.07, 6.45) is 4.07. The SMILES string of the molecule is NCCCc1nnc(C2CCSCC2)o1. The van der Waals surface area contributed by atoms with Gasteiger partial charge in [0.2, 0.25) is 11.8 Å². The zero-order valence-corrected chi connectivity index (χ0v) is 9.63. The van der Waals surface area contributed by atoms with Gasteiger partial charge >= 0.3 is 0 Å². The van der Waals surface area contributed by atoms with E-state index in [-0.39, 0.29) is 0 Å². The quantitative estimate of drug-likeness (QED) is 0.846. The average Bonchev–Trinajstić information content (AvgIpc) is 2.76. The van der Waals surface area contributed by atoms with Crippen LogP contribution >= 0.6 is 11.8 Å². The zero-order chi connectivity index (χ0) is 10.5. The van der Waals surface area contributed by atoms with Gasteiger partial charge in [-0.2, -0.15) is 11.8 Å². The van der Waals surface area contributed by atoms with Crippen molar-refractivity contribution < 1.29 is 4.42 Å². The molecular formula is C10H17N3OS. The summed E-state index contributed by atoms with van der Waals surface area (Å²) in [4.78, 5) is 0. The Morgan fingerprint density at radius 1 is 1.33 bits per heavy atom. The van der Waals surface area contributed by atoms with Gasteiger partial charge in [0.25, 0.3) is 0 Å². The minimum atomic E-state index is 0.491. The summed E-state index contributed by atoms with van der Waals surface area (Å²) in [5.74, 6) is 4.50. The molecule has 0 bridgehead atoms. The normalized spacial score (nSPS) is 18.2. The van der Waals surface area contributed by atoms with Crippen LogP contribution in [0, 0.1) is 0 Å². The molecule has 0 unspecified atom stereocenters. The Morgan fingerprint density at radius 3 is 2.87 bits per heavy atom. The van der Waals surface area contributed by atoms with Crippen molar-refractivity contribution in [1.82, 2.24) is 10.2 Å². The van der Waals surface area contributed by atoms with Gasteiger partial charge in [-0.1, -0.05) is 0 Å². The number of nitrogens with two attached hydrogens (primary N) is 1. The first-order valence-electron chi connectivity index (χ1n) is 5.50. The first kappa shape index (κ1) is 11.0. The first-order valence-corrected chi connectivity index (χ1v) is 6.65. The number of rotatable bonds is 4. The molecule has 0 spiro atoms. The van der Waals surface area contributed by atoms with E-state index in [9.17, 15) is 0 Å². The smallest absolute Gasteiger partial charge is 0.219 e. The highest BCUT2D eigenvalue weighted by Gasteiger charge is 2.21. The van der Waals surface area contributed by atoms with Crippen LogP contribution in [0.2, 0.25) is 0 Å². The second-order valence-corrected chi connectivity index (χ2v) is 5.04. The Kier molecular flexibility index (Phi) is 4.02. The van der Waals surface area contributed by atoms with Crippen LogP contribution in [-0.2, 0) is 6.42 Å². The fourth-order valence-electron chi connectivity index (χ4n) is 1.73. The summed E-state index contributed by atoms with van der Waals surface area (Å²) in [6, 6.07) is 0. The summed E-state index contributed by atoms with van der Waals surface area (Å²) < 4.78 is 5.64. The average molecular weight is 227 g/mol. The molecule has 2 rings (SSSR count). The number of nitrogens with zero attached hydrogens (tertiary/aromatic N) is 2. The second-order valence-electron chi connectivity index (χ2n) is 3.81. The van der Waals surface area contributed by atoms with E-state index in [4.69, 9.17) is 10.2 Å². The first-order chi connectivity index (χ1) is 7.40. The molecule has 2 N–H and O–H groups in total. The van der Waals surface area contributed by atoms with Gasteiger partial charge in [-0.15, -0.1) is 10.2 Å². The lowest BCUT2D eigenvalue weighted by Gasteiger charge is -2.17. The highest BCUT2D eigenvalue weighted by molar-refractivity contribution is 7.99. The van der Waals surface area contributed by atoms with Crippen LogP contribution in [0.3, 0.4) is 0 Å². The number of thioether (sulfide) groups is 1. The molecule has 1 aromatic heterocycles. The standard InChI is InChI=1S/C10H17N3OS/c11-5-1-2-9-12-13-10(14-9)8-3-6-15-7-4-8/h8H,1-7,11H2. The largest absolute Gasteiger partial charge is 0.425 e. The van der Waals surface area contributed by atoms with Gasteiger partial charge in [-0.25, -0.2) is 0 Å². The third-order valence-electron chi connectivity index (χ3n) is 2.65. The van der Waals surface area contributed by atoms with Crippen molar-refractivity contribution in [1.29, 1.82) is 0 Å². The highest BCUT2D eigenvalue weighted by Crippen LogP contribution is 2.30. The number of aromatic nitrogens is 2. The molecular weight excluding hydrogens is 210 g/mol. The summed E-state index contributed by atoms with van der Waals surface area (Å²) in [6.45, 7) is 0.678. The minimum absolute atomic E-state index is 0.491. The molecule has 1 aliphatic heterocycles. The molecule has 0 aromatic carbocycles. The minimum Gasteiger partial charge on any atom is -0.425 e. The van der Waals surface area contributed by atoms with Gasteiger partial charge in [0, 0.05) is 12.3 Å². The second kappa shape index (κ2) is 5.51. The van der Waals surface area contributed by atoms with E-state index in [0.717, 1.165) is 24.6 Å².